The number of aliphatic imine (C=N–C) groups is 1. The summed E-state index contributed by atoms with van der Waals surface area (Å²) < 4.78 is 82.7. The monoisotopic (exact) mass is 559 g/mol. The lowest BCUT2D eigenvalue weighted by Gasteiger charge is -2.35. The number of nitrogens with one attached hydrogen (secondary N) is 3. The lowest BCUT2D eigenvalue weighted by Crippen LogP contribution is -2.53. The van der Waals surface area contributed by atoms with Gasteiger partial charge in [0, 0.05) is 29.8 Å². The van der Waals surface area contributed by atoms with Crippen molar-refractivity contribution in [2.45, 2.75) is 131 Å². The van der Waals surface area contributed by atoms with Crippen molar-refractivity contribution in [3.63, 3.8) is 0 Å². The third-order valence-corrected chi connectivity index (χ3v) is 8.31. The standard InChI is InChI=1S/C24H36ClF6N5O/c25-14-9-15(26)11-16(10-14)32-23(34-22(37)13-6-7-18(27)19(28)8-13)33-21-12-20(24(29,30)31)35-36(21)17-4-2-1-3-5-17/h13-21,35H,1-12H2,(H2,32,33,34,37). The van der Waals surface area contributed by atoms with Crippen LogP contribution in [0.15, 0.2) is 4.99 Å². The second-order valence-corrected chi connectivity index (χ2v) is 11.5. The minimum absolute atomic E-state index is 0.0822. The molecule has 0 bridgehead atoms. The van der Waals surface area contributed by atoms with Gasteiger partial charge in [0.2, 0.25) is 5.91 Å². The summed E-state index contributed by atoms with van der Waals surface area (Å²) >= 11 is 6.18. The van der Waals surface area contributed by atoms with E-state index in [1.54, 1.807) is 5.01 Å². The molecule has 8 unspecified atom stereocenters. The average Bonchev–Trinajstić information content (AvgIpc) is 3.25. The molecule has 6 nitrogen and oxygen atoms in total. The van der Waals surface area contributed by atoms with Crippen molar-refractivity contribution in [1.29, 1.82) is 0 Å². The van der Waals surface area contributed by atoms with Crippen molar-refractivity contribution in [2.75, 3.05) is 0 Å². The highest BCUT2D eigenvalue weighted by Gasteiger charge is 2.49. The summed E-state index contributed by atoms with van der Waals surface area (Å²) in [6, 6.07) is -2.42. The largest absolute Gasteiger partial charge is 0.405 e. The molecule has 212 valence electrons. The van der Waals surface area contributed by atoms with Gasteiger partial charge in [-0.15, -0.1) is 11.6 Å². The van der Waals surface area contributed by atoms with Gasteiger partial charge in [-0.2, -0.15) is 13.2 Å². The van der Waals surface area contributed by atoms with Crippen LogP contribution in [0.5, 0.6) is 0 Å². The van der Waals surface area contributed by atoms with Gasteiger partial charge in [0.1, 0.15) is 30.7 Å². The molecule has 1 amide bonds. The van der Waals surface area contributed by atoms with Crippen molar-refractivity contribution in [2.24, 2.45) is 10.9 Å². The molecule has 4 fully saturated rings. The van der Waals surface area contributed by atoms with Gasteiger partial charge in [0.05, 0.1) is 0 Å². The third kappa shape index (κ3) is 7.65. The van der Waals surface area contributed by atoms with Crippen LogP contribution in [0.4, 0.5) is 26.3 Å². The first-order chi connectivity index (χ1) is 17.5. The number of halogens is 7. The number of carbonyl (C=O) groups is 1. The van der Waals surface area contributed by atoms with E-state index in [1.165, 1.54) is 0 Å². The lowest BCUT2D eigenvalue weighted by molar-refractivity contribution is -0.158. The molecule has 3 saturated carbocycles. The number of rotatable bonds is 4. The number of alkyl halides is 7. The molecule has 37 heavy (non-hydrogen) atoms. The highest BCUT2D eigenvalue weighted by atomic mass is 35.5. The molecule has 0 radical (unpaired) electrons. The molecule has 1 aliphatic heterocycles. The molecule has 3 N–H and O–H groups in total. The summed E-state index contributed by atoms with van der Waals surface area (Å²) in [5, 5.41) is 6.72. The smallest absolute Gasteiger partial charge is 0.353 e. The first-order valence-electron chi connectivity index (χ1n) is 13.3. The van der Waals surface area contributed by atoms with Crippen molar-refractivity contribution < 1.29 is 31.1 Å². The topological polar surface area (TPSA) is 68.8 Å². The zero-order valence-corrected chi connectivity index (χ0v) is 21.4. The van der Waals surface area contributed by atoms with E-state index in [4.69, 9.17) is 11.6 Å². The molecule has 1 heterocycles. The number of hydrogen-bond acceptors (Lipinski definition) is 4. The number of amides is 1. The molecule has 0 aromatic carbocycles. The van der Waals surface area contributed by atoms with E-state index in [2.05, 4.69) is 21.1 Å². The van der Waals surface area contributed by atoms with E-state index in [0.717, 1.165) is 32.1 Å². The summed E-state index contributed by atoms with van der Waals surface area (Å²) in [5.41, 5.74) is 2.59. The van der Waals surface area contributed by atoms with Gasteiger partial charge >= 0.3 is 6.18 Å². The first-order valence-corrected chi connectivity index (χ1v) is 13.8. The fourth-order valence-corrected chi connectivity index (χ4v) is 6.37. The van der Waals surface area contributed by atoms with Crippen LogP contribution in [0, 0.1) is 5.92 Å². The van der Waals surface area contributed by atoms with Crippen molar-refractivity contribution in [1.82, 2.24) is 21.1 Å². The number of hydrazine groups is 1. The van der Waals surface area contributed by atoms with Crippen LogP contribution in [-0.2, 0) is 4.79 Å². The van der Waals surface area contributed by atoms with Crippen LogP contribution in [0.3, 0.4) is 0 Å². The molecule has 4 rings (SSSR count). The predicted molar refractivity (Wildman–Crippen MR) is 128 cm³/mol. The normalized spacial score (nSPS) is 38.9. The van der Waals surface area contributed by atoms with Crippen LogP contribution >= 0.6 is 11.6 Å². The fraction of sp³-hybridized carbons (Fsp3) is 0.917. The lowest BCUT2D eigenvalue weighted by atomic mass is 9.86. The van der Waals surface area contributed by atoms with Gasteiger partial charge in [-0.3, -0.25) is 10.1 Å². The maximum atomic E-state index is 14.2. The van der Waals surface area contributed by atoms with Gasteiger partial charge < -0.3 is 5.32 Å². The van der Waals surface area contributed by atoms with E-state index >= 15 is 0 Å². The van der Waals surface area contributed by atoms with Crippen LogP contribution in [0.2, 0.25) is 0 Å². The average molecular weight is 560 g/mol. The van der Waals surface area contributed by atoms with Crippen LogP contribution in [0.25, 0.3) is 0 Å². The maximum Gasteiger partial charge on any atom is 0.405 e. The van der Waals surface area contributed by atoms with E-state index in [1.807, 2.05) is 0 Å². The van der Waals surface area contributed by atoms with Gasteiger partial charge in [0.15, 0.2) is 5.96 Å². The Bertz CT molecular complexity index is 803. The Hall–Kier alpha value is -1.27. The molecule has 0 aromatic heterocycles. The highest BCUT2D eigenvalue weighted by molar-refractivity contribution is 6.20. The molecule has 0 spiro atoms. The molecular formula is C24H36ClF6N5O. The Kier molecular flexibility index (Phi) is 9.53. The second kappa shape index (κ2) is 12.3. The Morgan fingerprint density at radius 3 is 2.30 bits per heavy atom. The number of guanidine groups is 1. The van der Waals surface area contributed by atoms with Crippen molar-refractivity contribution in [3.8, 4) is 0 Å². The zero-order valence-electron chi connectivity index (χ0n) is 20.6. The van der Waals surface area contributed by atoms with Gasteiger partial charge in [-0.25, -0.2) is 28.6 Å². The molecule has 3 aliphatic carbocycles. The summed E-state index contributed by atoms with van der Waals surface area (Å²) in [4.78, 5) is 17.5. The van der Waals surface area contributed by atoms with Gasteiger partial charge in [-0.1, -0.05) is 19.3 Å². The minimum Gasteiger partial charge on any atom is -0.353 e. The molecule has 1 saturated heterocycles. The quantitative estimate of drug-likeness (QED) is 0.200. The predicted octanol–water partition coefficient (Wildman–Crippen LogP) is 4.82. The number of carbonyl (C=O) groups excluding carboxylic acids is 1. The van der Waals surface area contributed by atoms with E-state index in [9.17, 15) is 31.1 Å². The zero-order chi connectivity index (χ0) is 26.7. The van der Waals surface area contributed by atoms with Gasteiger partial charge in [-0.05, 0) is 51.4 Å². The molecule has 0 aromatic rings. The molecule has 4 aliphatic rings. The number of nitrogens with zero attached hydrogens (tertiary/aromatic N) is 2. The van der Waals surface area contributed by atoms with Crippen LogP contribution in [-0.4, -0.2) is 71.2 Å². The van der Waals surface area contributed by atoms with Crippen LogP contribution in [0.1, 0.15) is 77.0 Å². The SMILES string of the molecule is O=C(N/C(=N\C1CC(C(F)(F)F)NN1C1CCCCC1)NC1CC(F)CC(Cl)C1)C1CCC(F)C(F)C1. The summed E-state index contributed by atoms with van der Waals surface area (Å²) in [5.74, 6) is -1.46. The Morgan fingerprint density at radius 2 is 1.65 bits per heavy atom. The van der Waals surface area contributed by atoms with Crippen molar-refractivity contribution in [3.05, 3.63) is 0 Å². The number of hydrogen-bond donors (Lipinski definition) is 3. The highest BCUT2D eigenvalue weighted by Crippen LogP contribution is 2.34. The Morgan fingerprint density at radius 1 is 0.919 bits per heavy atom. The molecule has 13 heteroatoms. The Labute approximate surface area is 218 Å². The van der Waals surface area contributed by atoms with E-state index < -0.39 is 60.1 Å². The van der Waals surface area contributed by atoms with E-state index in [-0.39, 0.29) is 50.5 Å². The minimum atomic E-state index is -4.48. The van der Waals surface area contributed by atoms with Crippen molar-refractivity contribution >= 4 is 23.5 Å². The molecule has 8 atom stereocenters. The fourth-order valence-electron chi connectivity index (χ4n) is 5.96. The Balaban J connectivity index is 1.55. The molecular weight excluding hydrogens is 524 g/mol. The second-order valence-electron chi connectivity index (χ2n) is 10.9. The van der Waals surface area contributed by atoms with Gasteiger partial charge in [0.25, 0.3) is 0 Å². The summed E-state index contributed by atoms with van der Waals surface area (Å²) in [6.45, 7) is 0. The third-order valence-electron chi connectivity index (χ3n) is 7.95. The maximum absolute atomic E-state index is 14.2. The summed E-state index contributed by atoms with van der Waals surface area (Å²) in [6.07, 6.45) is -5.57. The summed E-state index contributed by atoms with van der Waals surface area (Å²) in [7, 11) is 0. The van der Waals surface area contributed by atoms with E-state index in [0.29, 0.717) is 6.42 Å². The van der Waals surface area contributed by atoms with Crippen LogP contribution < -0.4 is 16.1 Å². The first kappa shape index (κ1) is 28.7.